The smallest absolute Gasteiger partial charge is 0.410 e. The van der Waals surface area contributed by atoms with E-state index < -0.39 is 29.5 Å². The molecule has 0 spiro atoms. The third-order valence-corrected chi connectivity index (χ3v) is 6.22. The summed E-state index contributed by atoms with van der Waals surface area (Å²) in [4.78, 5) is 47.7. The third-order valence-electron chi connectivity index (χ3n) is 6.22. The van der Waals surface area contributed by atoms with Crippen molar-refractivity contribution >= 4 is 24.1 Å². The van der Waals surface area contributed by atoms with Gasteiger partial charge in [0.2, 0.25) is 0 Å². The maximum atomic E-state index is 13.5. The lowest BCUT2D eigenvalue weighted by Gasteiger charge is -2.36. The first-order valence-electron chi connectivity index (χ1n) is 12.3. The number of aryl methyl sites for hydroxylation is 1. The summed E-state index contributed by atoms with van der Waals surface area (Å²) < 4.78 is 20.3. The van der Waals surface area contributed by atoms with E-state index in [1.165, 1.54) is 10.7 Å². The van der Waals surface area contributed by atoms with Crippen LogP contribution in [0, 0.1) is 12.7 Å². The monoisotopic (exact) mass is 522 g/mol. The molecule has 1 fully saturated rings. The van der Waals surface area contributed by atoms with Crippen molar-refractivity contribution in [2.45, 2.75) is 58.6 Å². The number of hydrogen-bond acceptors (Lipinski definition) is 7. The number of carbonyl (C=O) groups is 3. The largest absolute Gasteiger partial charge is 0.444 e. The van der Waals surface area contributed by atoms with E-state index in [4.69, 9.17) is 10.6 Å². The van der Waals surface area contributed by atoms with Crippen molar-refractivity contribution in [2.24, 2.45) is 0 Å². The lowest BCUT2D eigenvalue weighted by molar-refractivity contribution is 0.00821. The van der Waals surface area contributed by atoms with Crippen LogP contribution in [0.15, 0.2) is 36.5 Å². The Morgan fingerprint density at radius 2 is 1.92 bits per heavy atom. The number of nitrogens with one attached hydrogen (secondary N) is 1. The Balaban J connectivity index is 1.59. The Hall–Kier alpha value is -4.28. The molecule has 200 valence electrons. The zero-order valence-electron chi connectivity index (χ0n) is 21.8. The van der Waals surface area contributed by atoms with Crippen LogP contribution < -0.4 is 11.2 Å². The van der Waals surface area contributed by atoms with E-state index in [1.807, 2.05) is 0 Å². The maximum absolute atomic E-state index is 13.5. The van der Waals surface area contributed by atoms with Crippen LogP contribution in [-0.4, -0.2) is 50.0 Å². The van der Waals surface area contributed by atoms with Crippen LogP contribution in [-0.2, 0) is 4.74 Å². The molecule has 1 unspecified atom stereocenters. The van der Waals surface area contributed by atoms with E-state index in [2.05, 4.69) is 15.3 Å². The molecule has 1 aliphatic rings. The van der Waals surface area contributed by atoms with Crippen molar-refractivity contribution in [1.29, 1.82) is 0 Å². The molecule has 3 heterocycles. The fraction of sp³-hybridized carbons (Fsp3) is 0.370. The van der Waals surface area contributed by atoms with Crippen LogP contribution in [0.3, 0.4) is 0 Å². The Bertz CT molecular complexity index is 1360. The van der Waals surface area contributed by atoms with Crippen LogP contribution in [0.2, 0.25) is 0 Å². The van der Waals surface area contributed by atoms with Gasteiger partial charge in [0.1, 0.15) is 28.6 Å². The predicted octanol–water partition coefficient (Wildman–Crippen LogP) is 4.63. The third kappa shape index (κ3) is 5.66. The van der Waals surface area contributed by atoms with E-state index in [-0.39, 0.29) is 11.5 Å². The highest BCUT2D eigenvalue weighted by atomic mass is 19.1. The number of aromatic nitrogens is 3. The summed E-state index contributed by atoms with van der Waals surface area (Å²) in [6, 6.07) is 7.47. The molecular formula is C27H31FN6O4. The van der Waals surface area contributed by atoms with E-state index in [9.17, 15) is 18.8 Å². The van der Waals surface area contributed by atoms with Crippen molar-refractivity contribution in [3.63, 3.8) is 0 Å². The summed E-state index contributed by atoms with van der Waals surface area (Å²) in [6.45, 7) is 7.48. The molecule has 1 aliphatic heterocycles. The van der Waals surface area contributed by atoms with Crippen molar-refractivity contribution in [3.05, 3.63) is 65.0 Å². The van der Waals surface area contributed by atoms with E-state index in [1.54, 1.807) is 56.9 Å². The van der Waals surface area contributed by atoms with Gasteiger partial charge < -0.3 is 15.9 Å². The minimum atomic E-state index is -0.657. The van der Waals surface area contributed by atoms with Gasteiger partial charge >= 0.3 is 6.09 Å². The van der Waals surface area contributed by atoms with Crippen molar-refractivity contribution in [1.82, 2.24) is 19.5 Å². The van der Waals surface area contributed by atoms with Crippen LogP contribution >= 0.6 is 0 Å². The number of nitrogen functional groups attached to an aromatic ring is 1. The number of aldehydes is 1. The number of benzene rings is 1. The summed E-state index contributed by atoms with van der Waals surface area (Å²) in [5.41, 5.74) is 1.11. The van der Waals surface area contributed by atoms with Gasteiger partial charge in [-0.05, 0) is 70.7 Å². The zero-order valence-corrected chi connectivity index (χ0v) is 21.8. The Morgan fingerprint density at radius 3 is 2.55 bits per heavy atom. The number of pyridine rings is 1. The summed E-state index contributed by atoms with van der Waals surface area (Å²) in [7, 11) is 0. The molecule has 0 aliphatic carbocycles. The van der Waals surface area contributed by atoms with E-state index in [0.29, 0.717) is 47.5 Å². The first-order valence-corrected chi connectivity index (χ1v) is 12.3. The van der Waals surface area contributed by atoms with Gasteiger partial charge in [0.15, 0.2) is 12.1 Å². The van der Waals surface area contributed by atoms with Crippen LogP contribution in [0.5, 0.6) is 0 Å². The zero-order chi connectivity index (χ0) is 27.6. The molecular weight excluding hydrogens is 491 g/mol. The highest BCUT2D eigenvalue weighted by Crippen LogP contribution is 2.34. The van der Waals surface area contributed by atoms with Crippen molar-refractivity contribution in [3.8, 4) is 11.3 Å². The molecule has 0 radical (unpaired) electrons. The van der Waals surface area contributed by atoms with Crippen LogP contribution in [0.4, 0.5) is 15.0 Å². The molecule has 3 aromatic rings. The number of likely N-dealkylation sites (tertiary alicyclic amines) is 1. The SMILES string of the molecule is Cc1cc(NC(=O)c2ccc(-c3nc(C4CCCCN4C(=O)OC(C)(C)C)n(N)c3C=O)cc2)ncc1F. The number of halogens is 1. The summed E-state index contributed by atoms with van der Waals surface area (Å²) in [5, 5.41) is 2.63. The number of amides is 2. The molecule has 0 saturated carbocycles. The molecule has 1 atom stereocenters. The van der Waals surface area contributed by atoms with Crippen LogP contribution in [0.1, 0.15) is 78.3 Å². The van der Waals surface area contributed by atoms with Gasteiger partial charge in [-0.15, -0.1) is 0 Å². The van der Waals surface area contributed by atoms with Crippen molar-refractivity contribution in [2.75, 3.05) is 17.7 Å². The number of carbonyl (C=O) groups excluding carboxylic acids is 3. The summed E-state index contributed by atoms with van der Waals surface area (Å²) >= 11 is 0. The average Bonchev–Trinajstić information content (AvgIpc) is 3.21. The molecule has 3 N–H and O–H groups in total. The Kier molecular flexibility index (Phi) is 7.47. The number of hydrogen-bond donors (Lipinski definition) is 2. The fourth-order valence-corrected chi connectivity index (χ4v) is 4.34. The number of piperidine rings is 1. The fourth-order valence-electron chi connectivity index (χ4n) is 4.34. The van der Waals surface area contributed by atoms with Gasteiger partial charge in [0.05, 0.1) is 12.2 Å². The summed E-state index contributed by atoms with van der Waals surface area (Å²) in [6.07, 6.45) is 3.53. The minimum Gasteiger partial charge on any atom is -0.444 e. The molecule has 2 amide bonds. The van der Waals surface area contributed by atoms with Gasteiger partial charge in [-0.25, -0.2) is 23.8 Å². The Labute approximate surface area is 220 Å². The number of ether oxygens (including phenoxy) is 1. The molecule has 38 heavy (non-hydrogen) atoms. The van der Waals surface area contributed by atoms with Crippen LogP contribution in [0.25, 0.3) is 11.3 Å². The standard InChI is InChI=1S/C27H31FN6O4/c1-16-13-22(30-14-19(16)28)31-25(36)18-10-8-17(9-11-18)23-21(15-35)34(29)24(32-23)20-7-5-6-12-33(20)26(37)38-27(2,3)4/h8-11,13-15,20H,5-7,12,29H2,1-4H3,(H,30,31,36). The molecule has 2 aromatic heterocycles. The number of nitrogens with two attached hydrogens (primary N) is 1. The predicted molar refractivity (Wildman–Crippen MR) is 140 cm³/mol. The average molecular weight is 523 g/mol. The van der Waals surface area contributed by atoms with E-state index >= 15 is 0 Å². The van der Waals surface area contributed by atoms with Crippen molar-refractivity contribution < 1.29 is 23.5 Å². The topological polar surface area (TPSA) is 132 Å². The second-order valence-corrected chi connectivity index (χ2v) is 10.2. The highest BCUT2D eigenvalue weighted by Gasteiger charge is 2.35. The van der Waals surface area contributed by atoms with Gasteiger partial charge in [-0.3, -0.25) is 14.5 Å². The van der Waals surface area contributed by atoms with Gasteiger partial charge in [0, 0.05) is 17.7 Å². The quantitative estimate of drug-likeness (QED) is 0.369. The molecule has 0 bridgehead atoms. The van der Waals surface area contributed by atoms with Gasteiger partial charge in [-0.2, -0.15) is 0 Å². The molecule has 10 nitrogen and oxygen atoms in total. The molecule has 1 saturated heterocycles. The number of imidazole rings is 1. The Morgan fingerprint density at radius 1 is 1.21 bits per heavy atom. The van der Waals surface area contributed by atoms with Gasteiger partial charge in [-0.1, -0.05) is 12.1 Å². The highest BCUT2D eigenvalue weighted by molar-refractivity contribution is 6.04. The summed E-state index contributed by atoms with van der Waals surface area (Å²) in [5.74, 6) is 6.03. The number of nitrogens with zero attached hydrogens (tertiary/aromatic N) is 4. The first-order chi connectivity index (χ1) is 18.0. The molecule has 11 heteroatoms. The molecule has 1 aromatic carbocycles. The van der Waals surface area contributed by atoms with Gasteiger partial charge in [0.25, 0.3) is 5.91 Å². The number of anilines is 1. The second kappa shape index (κ2) is 10.6. The maximum Gasteiger partial charge on any atom is 0.410 e. The first kappa shape index (κ1) is 26.8. The second-order valence-electron chi connectivity index (χ2n) is 10.2. The normalized spacial score (nSPS) is 15.7. The van der Waals surface area contributed by atoms with E-state index in [0.717, 1.165) is 19.0 Å². The molecule has 4 rings (SSSR count). The minimum absolute atomic E-state index is 0.151. The number of rotatable bonds is 5. The lowest BCUT2D eigenvalue weighted by Crippen LogP contribution is -2.43. The lowest BCUT2D eigenvalue weighted by atomic mass is 10.0.